The zero-order valence-electron chi connectivity index (χ0n) is 10.1. The number of nitrogens with zero attached hydrogens (tertiary/aromatic N) is 2. The number of halogens is 1. The van der Waals surface area contributed by atoms with E-state index in [1.807, 2.05) is 30.5 Å². The number of nitrogen functional groups attached to an aromatic ring is 1. The minimum atomic E-state index is 0.185. The summed E-state index contributed by atoms with van der Waals surface area (Å²) in [6, 6.07) is 7.99. The van der Waals surface area contributed by atoms with Crippen LogP contribution in [-0.2, 0) is 0 Å². The number of rotatable bonds is 3. The van der Waals surface area contributed by atoms with Gasteiger partial charge in [0, 0.05) is 10.6 Å². The number of nitrogens with two attached hydrogens (primary N) is 1. The van der Waals surface area contributed by atoms with E-state index in [2.05, 4.69) is 15.3 Å². The Bertz CT molecular complexity index is 557. The van der Waals surface area contributed by atoms with E-state index < -0.39 is 0 Å². The Kier molecular flexibility index (Phi) is 3.93. The number of nitrogens with one attached hydrogen (secondary N) is 1. The van der Waals surface area contributed by atoms with Crippen molar-refractivity contribution in [1.82, 2.24) is 9.97 Å². The number of anilines is 3. The molecule has 3 N–H and O–H groups in total. The average molecular weight is 281 g/mol. The molecule has 6 heteroatoms. The topological polar surface area (TPSA) is 63.8 Å². The van der Waals surface area contributed by atoms with E-state index in [-0.39, 0.29) is 5.28 Å². The van der Waals surface area contributed by atoms with Crippen molar-refractivity contribution < 1.29 is 0 Å². The third-order valence-electron chi connectivity index (χ3n) is 2.46. The fourth-order valence-corrected chi connectivity index (χ4v) is 2.07. The molecule has 0 saturated carbocycles. The molecule has 1 heterocycles. The Morgan fingerprint density at radius 3 is 2.50 bits per heavy atom. The second-order valence-corrected chi connectivity index (χ2v) is 4.91. The summed E-state index contributed by atoms with van der Waals surface area (Å²) in [6.07, 6.45) is 2.04. The van der Waals surface area contributed by atoms with Crippen molar-refractivity contribution in [2.75, 3.05) is 17.3 Å². The van der Waals surface area contributed by atoms with Crippen molar-refractivity contribution in [2.45, 2.75) is 11.8 Å². The molecule has 94 valence electrons. The molecule has 1 aromatic carbocycles. The standard InChI is InChI=1S/C12H13ClN4S/c1-7-10(14)11(17-12(13)15-7)16-8-3-5-9(18-2)6-4-8/h3-6H,14H2,1-2H3,(H,15,16,17). The minimum Gasteiger partial charge on any atom is -0.394 e. The largest absolute Gasteiger partial charge is 0.394 e. The first-order chi connectivity index (χ1) is 8.60. The van der Waals surface area contributed by atoms with Crippen LogP contribution < -0.4 is 11.1 Å². The van der Waals surface area contributed by atoms with Gasteiger partial charge in [0.15, 0.2) is 5.82 Å². The van der Waals surface area contributed by atoms with E-state index in [1.165, 1.54) is 4.90 Å². The van der Waals surface area contributed by atoms with Gasteiger partial charge in [-0.3, -0.25) is 0 Å². The van der Waals surface area contributed by atoms with Gasteiger partial charge in [-0.25, -0.2) is 4.98 Å². The second kappa shape index (κ2) is 5.46. The van der Waals surface area contributed by atoms with Crippen LogP contribution >= 0.6 is 23.4 Å². The van der Waals surface area contributed by atoms with Crippen LogP contribution in [0.25, 0.3) is 0 Å². The SMILES string of the molecule is CSc1ccc(Nc2nc(Cl)nc(C)c2N)cc1. The number of aromatic nitrogens is 2. The van der Waals surface area contributed by atoms with Crippen LogP contribution in [0.15, 0.2) is 29.2 Å². The molecule has 0 atom stereocenters. The predicted molar refractivity (Wildman–Crippen MR) is 77.7 cm³/mol. The van der Waals surface area contributed by atoms with Gasteiger partial charge in [0.1, 0.15) is 0 Å². The molecule has 0 aliphatic heterocycles. The molecule has 2 rings (SSSR count). The summed E-state index contributed by atoms with van der Waals surface area (Å²) < 4.78 is 0. The van der Waals surface area contributed by atoms with Crippen molar-refractivity contribution in [2.24, 2.45) is 0 Å². The lowest BCUT2D eigenvalue weighted by Gasteiger charge is -2.10. The molecular weight excluding hydrogens is 268 g/mol. The number of hydrogen-bond acceptors (Lipinski definition) is 5. The Labute approximate surface area is 115 Å². The Morgan fingerprint density at radius 2 is 1.89 bits per heavy atom. The molecule has 0 bridgehead atoms. The van der Waals surface area contributed by atoms with E-state index in [0.717, 1.165) is 5.69 Å². The quantitative estimate of drug-likeness (QED) is 0.666. The van der Waals surface area contributed by atoms with Gasteiger partial charge in [-0.05, 0) is 49.0 Å². The maximum atomic E-state index is 5.91. The Balaban J connectivity index is 2.27. The van der Waals surface area contributed by atoms with Gasteiger partial charge in [0.05, 0.1) is 11.4 Å². The third kappa shape index (κ3) is 2.86. The fraction of sp³-hybridized carbons (Fsp3) is 0.167. The summed E-state index contributed by atoms with van der Waals surface area (Å²) in [4.78, 5) is 9.27. The van der Waals surface area contributed by atoms with Crippen LogP contribution in [0, 0.1) is 6.92 Å². The maximum absolute atomic E-state index is 5.91. The summed E-state index contributed by atoms with van der Waals surface area (Å²) in [6.45, 7) is 1.80. The second-order valence-electron chi connectivity index (χ2n) is 3.69. The highest BCUT2D eigenvalue weighted by Crippen LogP contribution is 2.25. The molecule has 0 amide bonds. The molecule has 4 nitrogen and oxygen atoms in total. The average Bonchev–Trinajstić information content (AvgIpc) is 2.36. The fourth-order valence-electron chi connectivity index (χ4n) is 1.45. The molecule has 0 spiro atoms. The summed E-state index contributed by atoms with van der Waals surface area (Å²) >= 11 is 7.51. The first kappa shape index (κ1) is 13.0. The number of aryl methyl sites for hydroxylation is 1. The van der Waals surface area contributed by atoms with Gasteiger partial charge in [-0.15, -0.1) is 11.8 Å². The van der Waals surface area contributed by atoms with Gasteiger partial charge in [0.25, 0.3) is 0 Å². The number of thioether (sulfide) groups is 1. The van der Waals surface area contributed by atoms with Crippen LogP contribution in [0.1, 0.15) is 5.69 Å². The molecule has 0 fully saturated rings. The van der Waals surface area contributed by atoms with Crippen LogP contribution in [0.4, 0.5) is 17.2 Å². The smallest absolute Gasteiger partial charge is 0.224 e. The van der Waals surface area contributed by atoms with E-state index in [0.29, 0.717) is 17.2 Å². The lowest BCUT2D eigenvalue weighted by Crippen LogP contribution is -2.03. The number of benzene rings is 1. The van der Waals surface area contributed by atoms with E-state index in [4.69, 9.17) is 17.3 Å². The van der Waals surface area contributed by atoms with Crippen LogP contribution in [0.5, 0.6) is 0 Å². The Morgan fingerprint density at radius 1 is 1.22 bits per heavy atom. The molecule has 18 heavy (non-hydrogen) atoms. The highest BCUT2D eigenvalue weighted by Gasteiger charge is 2.07. The lowest BCUT2D eigenvalue weighted by atomic mass is 10.3. The third-order valence-corrected chi connectivity index (χ3v) is 3.37. The number of hydrogen-bond donors (Lipinski definition) is 2. The molecular formula is C12H13ClN4S. The molecule has 2 aromatic rings. The van der Waals surface area contributed by atoms with Gasteiger partial charge >= 0.3 is 0 Å². The van der Waals surface area contributed by atoms with Crippen LogP contribution in [-0.4, -0.2) is 16.2 Å². The van der Waals surface area contributed by atoms with Crippen LogP contribution in [0.2, 0.25) is 5.28 Å². The zero-order chi connectivity index (χ0) is 13.1. The molecule has 0 saturated heterocycles. The highest BCUT2D eigenvalue weighted by molar-refractivity contribution is 7.98. The van der Waals surface area contributed by atoms with Gasteiger partial charge in [0.2, 0.25) is 5.28 Å². The first-order valence-corrected chi connectivity index (χ1v) is 6.91. The van der Waals surface area contributed by atoms with E-state index in [1.54, 1.807) is 18.7 Å². The summed E-state index contributed by atoms with van der Waals surface area (Å²) in [5.41, 5.74) is 7.99. The molecule has 1 aromatic heterocycles. The summed E-state index contributed by atoms with van der Waals surface area (Å²) in [5, 5.41) is 3.32. The lowest BCUT2D eigenvalue weighted by molar-refractivity contribution is 1.11. The van der Waals surface area contributed by atoms with Gasteiger partial charge in [-0.1, -0.05) is 0 Å². The van der Waals surface area contributed by atoms with Crippen LogP contribution in [0.3, 0.4) is 0 Å². The maximum Gasteiger partial charge on any atom is 0.224 e. The summed E-state index contributed by atoms with van der Waals surface area (Å²) in [7, 11) is 0. The van der Waals surface area contributed by atoms with Crippen molar-refractivity contribution >= 4 is 40.6 Å². The normalized spacial score (nSPS) is 10.4. The van der Waals surface area contributed by atoms with Gasteiger partial charge < -0.3 is 11.1 Å². The Hall–Kier alpha value is -1.46. The van der Waals surface area contributed by atoms with Crippen molar-refractivity contribution in [3.05, 3.63) is 35.2 Å². The van der Waals surface area contributed by atoms with Crippen molar-refractivity contribution in [3.63, 3.8) is 0 Å². The molecule has 0 radical (unpaired) electrons. The van der Waals surface area contributed by atoms with Crippen molar-refractivity contribution in [1.29, 1.82) is 0 Å². The van der Waals surface area contributed by atoms with Gasteiger partial charge in [-0.2, -0.15) is 4.98 Å². The monoisotopic (exact) mass is 280 g/mol. The van der Waals surface area contributed by atoms with E-state index in [9.17, 15) is 0 Å². The summed E-state index contributed by atoms with van der Waals surface area (Å²) in [5.74, 6) is 0.532. The molecule has 0 unspecified atom stereocenters. The zero-order valence-corrected chi connectivity index (χ0v) is 11.6. The van der Waals surface area contributed by atoms with Crippen molar-refractivity contribution in [3.8, 4) is 0 Å². The molecule has 0 aliphatic rings. The van der Waals surface area contributed by atoms with E-state index >= 15 is 0 Å². The predicted octanol–water partition coefficient (Wildman–Crippen LogP) is 3.49. The first-order valence-electron chi connectivity index (χ1n) is 5.31. The minimum absolute atomic E-state index is 0.185. The highest BCUT2D eigenvalue weighted by atomic mass is 35.5. The molecule has 0 aliphatic carbocycles.